The van der Waals surface area contributed by atoms with Crippen molar-refractivity contribution in [2.24, 2.45) is 0 Å². The summed E-state index contributed by atoms with van der Waals surface area (Å²) < 4.78 is 4.98. The van der Waals surface area contributed by atoms with Gasteiger partial charge in [-0.05, 0) is 55.2 Å². The summed E-state index contributed by atoms with van der Waals surface area (Å²) in [5, 5.41) is 2.51. The Labute approximate surface area is 197 Å². The minimum atomic E-state index is -0.371. The molecule has 32 heavy (non-hydrogen) atoms. The zero-order chi connectivity index (χ0) is 23.0. The Morgan fingerprint density at radius 1 is 1.03 bits per heavy atom. The molecule has 0 radical (unpaired) electrons. The Bertz CT molecular complexity index is 870. The Morgan fingerprint density at radius 2 is 1.84 bits per heavy atom. The molecule has 0 spiro atoms. The summed E-state index contributed by atoms with van der Waals surface area (Å²) >= 11 is 6.09. The predicted octanol–water partition coefficient (Wildman–Crippen LogP) is 6.20. The van der Waals surface area contributed by atoms with Gasteiger partial charge in [0.25, 0.3) is 0 Å². The molecule has 2 rings (SSSR count). The Kier molecular flexibility index (Phi) is 12.5. The quantitative estimate of drug-likeness (QED) is 0.156. The van der Waals surface area contributed by atoms with Crippen LogP contribution in [0.2, 0.25) is 5.02 Å². The molecule has 172 valence electrons. The lowest BCUT2D eigenvalue weighted by Gasteiger charge is -2.21. The summed E-state index contributed by atoms with van der Waals surface area (Å²) in [4.78, 5) is 17.5. The van der Waals surface area contributed by atoms with Crippen molar-refractivity contribution < 1.29 is 14.4 Å². The smallest absolute Gasteiger partial charge is 0.334 e. The summed E-state index contributed by atoms with van der Waals surface area (Å²) in [5.41, 5.74) is 3.22. The third-order valence-corrected chi connectivity index (χ3v) is 5.15. The van der Waals surface area contributed by atoms with Gasteiger partial charge < -0.3 is 4.74 Å². The zero-order valence-corrected chi connectivity index (χ0v) is 20.0. The van der Waals surface area contributed by atoms with E-state index in [1.165, 1.54) is 19.3 Å². The SMILES string of the molecule is CCCCCCC#Cc1ccc(CN(CCc2cccc(Cl)c2)OCC(=O)OCC)cc1. The van der Waals surface area contributed by atoms with Crippen molar-refractivity contribution in [3.8, 4) is 11.8 Å². The molecule has 0 heterocycles. The average molecular weight is 456 g/mol. The monoisotopic (exact) mass is 455 g/mol. The van der Waals surface area contributed by atoms with E-state index < -0.39 is 0 Å². The van der Waals surface area contributed by atoms with Crippen LogP contribution >= 0.6 is 11.6 Å². The molecular formula is C27H34ClNO3. The van der Waals surface area contributed by atoms with Crippen molar-refractivity contribution in [2.75, 3.05) is 19.8 Å². The highest BCUT2D eigenvalue weighted by Crippen LogP contribution is 2.13. The second kappa shape index (κ2) is 15.5. The first-order chi connectivity index (χ1) is 15.6. The van der Waals surface area contributed by atoms with Gasteiger partial charge in [0.1, 0.15) is 0 Å². The van der Waals surface area contributed by atoms with E-state index in [9.17, 15) is 4.79 Å². The maximum absolute atomic E-state index is 11.7. The van der Waals surface area contributed by atoms with Crippen LogP contribution in [0.5, 0.6) is 0 Å². The van der Waals surface area contributed by atoms with E-state index in [2.05, 4.69) is 30.9 Å². The summed E-state index contributed by atoms with van der Waals surface area (Å²) in [5.74, 6) is 6.13. The van der Waals surface area contributed by atoms with Crippen molar-refractivity contribution in [2.45, 2.75) is 58.9 Å². The molecule has 2 aromatic carbocycles. The van der Waals surface area contributed by atoms with E-state index in [1.54, 1.807) is 12.0 Å². The topological polar surface area (TPSA) is 38.8 Å². The lowest BCUT2D eigenvalue weighted by Crippen LogP contribution is -2.29. The largest absolute Gasteiger partial charge is 0.464 e. The van der Waals surface area contributed by atoms with E-state index in [0.717, 1.165) is 36.0 Å². The van der Waals surface area contributed by atoms with Crippen molar-refractivity contribution in [3.05, 3.63) is 70.2 Å². The molecule has 0 N–H and O–H groups in total. The van der Waals surface area contributed by atoms with Crippen LogP contribution in [0.3, 0.4) is 0 Å². The average Bonchev–Trinajstić information content (AvgIpc) is 2.79. The lowest BCUT2D eigenvalue weighted by atomic mass is 10.1. The van der Waals surface area contributed by atoms with Crippen molar-refractivity contribution >= 4 is 17.6 Å². The summed E-state index contributed by atoms with van der Waals surface area (Å²) in [6, 6.07) is 16.0. The van der Waals surface area contributed by atoms with Crippen molar-refractivity contribution in [3.63, 3.8) is 0 Å². The highest BCUT2D eigenvalue weighted by atomic mass is 35.5. The Morgan fingerprint density at radius 3 is 2.56 bits per heavy atom. The van der Waals surface area contributed by atoms with Crippen molar-refractivity contribution in [1.29, 1.82) is 0 Å². The summed E-state index contributed by atoms with van der Waals surface area (Å²) in [6.45, 7) is 5.42. The normalized spacial score (nSPS) is 10.6. The van der Waals surface area contributed by atoms with E-state index in [0.29, 0.717) is 24.7 Å². The third kappa shape index (κ3) is 10.8. The fourth-order valence-electron chi connectivity index (χ4n) is 3.18. The van der Waals surface area contributed by atoms with Gasteiger partial charge >= 0.3 is 5.97 Å². The highest BCUT2D eigenvalue weighted by molar-refractivity contribution is 6.30. The van der Waals surface area contributed by atoms with E-state index in [-0.39, 0.29) is 12.6 Å². The van der Waals surface area contributed by atoms with Crippen LogP contribution in [0.15, 0.2) is 48.5 Å². The second-order valence-electron chi connectivity index (χ2n) is 7.63. The number of rotatable bonds is 13. The lowest BCUT2D eigenvalue weighted by molar-refractivity contribution is -0.188. The van der Waals surface area contributed by atoms with Gasteiger partial charge in [0, 0.05) is 30.1 Å². The molecule has 0 saturated heterocycles. The van der Waals surface area contributed by atoms with Crippen LogP contribution in [0.1, 0.15) is 62.6 Å². The van der Waals surface area contributed by atoms with E-state index >= 15 is 0 Å². The van der Waals surface area contributed by atoms with Gasteiger partial charge in [-0.15, -0.1) is 0 Å². The number of carbonyl (C=O) groups excluding carboxylic acids is 1. The van der Waals surface area contributed by atoms with E-state index in [4.69, 9.17) is 21.2 Å². The molecule has 0 aliphatic rings. The fourth-order valence-corrected chi connectivity index (χ4v) is 3.40. The predicted molar refractivity (Wildman–Crippen MR) is 130 cm³/mol. The number of hydrogen-bond donors (Lipinski definition) is 0. The van der Waals surface area contributed by atoms with Crippen LogP contribution < -0.4 is 0 Å². The molecule has 0 bridgehead atoms. The summed E-state index contributed by atoms with van der Waals surface area (Å²) in [6.07, 6.45) is 6.64. The van der Waals surface area contributed by atoms with Gasteiger partial charge in [0.05, 0.1) is 6.61 Å². The number of ether oxygens (including phenoxy) is 1. The maximum atomic E-state index is 11.7. The number of unbranched alkanes of at least 4 members (excludes halogenated alkanes) is 4. The summed E-state index contributed by atoms with van der Waals surface area (Å²) in [7, 11) is 0. The number of benzene rings is 2. The molecule has 0 atom stereocenters. The van der Waals surface area contributed by atoms with Crippen LogP contribution in [-0.2, 0) is 27.3 Å². The van der Waals surface area contributed by atoms with Crippen LogP contribution in [0, 0.1) is 11.8 Å². The minimum Gasteiger partial charge on any atom is -0.464 e. The Balaban J connectivity index is 1.93. The molecule has 0 unspecified atom stereocenters. The molecule has 0 fully saturated rings. The van der Waals surface area contributed by atoms with Crippen LogP contribution in [0.4, 0.5) is 0 Å². The first kappa shape index (κ1) is 25.9. The molecule has 2 aromatic rings. The third-order valence-electron chi connectivity index (χ3n) is 4.91. The standard InChI is InChI=1S/C27H34ClNO3/c1-3-5-6-7-8-9-11-23-14-16-25(17-15-23)21-29(32-22-27(30)31-4-2)19-18-24-12-10-13-26(28)20-24/h10,12-17,20H,3-8,18-19,21-22H2,1-2H3. The molecular weight excluding hydrogens is 422 g/mol. The van der Waals surface area contributed by atoms with E-state index in [1.807, 2.05) is 36.4 Å². The molecule has 0 amide bonds. The van der Waals surface area contributed by atoms with Crippen LogP contribution in [-0.4, -0.2) is 30.8 Å². The molecule has 0 aliphatic heterocycles. The molecule has 0 saturated carbocycles. The van der Waals surface area contributed by atoms with Gasteiger partial charge in [0.2, 0.25) is 0 Å². The van der Waals surface area contributed by atoms with Crippen molar-refractivity contribution in [1.82, 2.24) is 5.06 Å². The van der Waals surface area contributed by atoms with Gasteiger partial charge in [-0.3, -0.25) is 4.84 Å². The number of halogens is 1. The van der Waals surface area contributed by atoms with Gasteiger partial charge in [-0.1, -0.05) is 73.9 Å². The van der Waals surface area contributed by atoms with Gasteiger partial charge in [-0.25, -0.2) is 4.79 Å². The molecule has 0 aromatic heterocycles. The molecule has 4 nitrogen and oxygen atoms in total. The van der Waals surface area contributed by atoms with Crippen LogP contribution in [0.25, 0.3) is 0 Å². The number of nitrogens with zero attached hydrogens (tertiary/aromatic N) is 1. The van der Waals surface area contributed by atoms with Gasteiger partial charge in [0.15, 0.2) is 6.61 Å². The maximum Gasteiger partial charge on any atom is 0.334 e. The Hall–Kier alpha value is -2.32. The molecule has 0 aliphatic carbocycles. The zero-order valence-electron chi connectivity index (χ0n) is 19.2. The molecule has 5 heteroatoms. The number of esters is 1. The first-order valence-electron chi connectivity index (χ1n) is 11.5. The highest BCUT2D eigenvalue weighted by Gasteiger charge is 2.11. The second-order valence-corrected chi connectivity index (χ2v) is 8.07. The minimum absolute atomic E-state index is 0.106. The van der Waals surface area contributed by atoms with Gasteiger partial charge in [-0.2, -0.15) is 5.06 Å². The number of hydroxylamine groups is 2. The number of hydrogen-bond acceptors (Lipinski definition) is 4. The fraction of sp³-hybridized carbons (Fsp3) is 0.444. The number of carbonyl (C=O) groups is 1. The first-order valence-corrected chi connectivity index (χ1v) is 11.8.